The van der Waals surface area contributed by atoms with Crippen molar-refractivity contribution in [2.24, 2.45) is 5.41 Å². The van der Waals surface area contributed by atoms with Gasteiger partial charge in [-0.05, 0) is 24.8 Å². The van der Waals surface area contributed by atoms with Gasteiger partial charge in [0.05, 0.1) is 12.3 Å². The van der Waals surface area contributed by atoms with Crippen LogP contribution in [0.5, 0.6) is 5.75 Å². The molecule has 30 heavy (non-hydrogen) atoms. The van der Waals surface area contributed by atoms with Crippen molar-refractivity contribution < 1.29 is 14.3 Å². The van der Waals surface area contributed by atoms with Gasteiger partial charge in [-0.1, -0.05) is 56.3 Å². The molecule has 4 heteroatoms. The summed E-state index contributed by atoms with van der Waals surface area (Å²) in [6.07, 6.45) is 1.25. The number of hydrogen-bond acceptors (Lipinski definition) is 4. The first kappa shape index (κ1) is 18.9. The molecule has 0 saturated heterocycles. The number of dihydropyridines is 1. The van der Waals surface area contributed by atoms with E-state index in [0.29, 0.717) is 24.2 Å². The molecule has 1 heterocycles. The third-order valence-corrected chi connectivity index (χ3v) is 6.26. The minimum absolute atomic E-state index is 0.00594. The van der Waals surface area contributed by atoms with E-state index in [0.717, 1.165) is 40.3 Å². The van der Waals surface area contributed by atoms with E-state index in [1.54, 1.807) is 0 Å². The Bertz CT molecular complexity index is 1150. The number of fused-ring (bicyclic) bond motifs is 2. The molecular formula is C26H25NO3. The minimum atomic E-state index is -0.414. The first-order valence-electron chi connectivity index (χ1n) is 10.5. The first-order valence-corrected chi connectivity index (χ1v) is 10.5. The molecule has 0 saturated carbocycles. The van der Waals surface area contributed by atoms with Crippen LogP contribution in [0, 0.1) is 5.41 Å². The molecule has 2 aromatic rings. The maximum Gasteiger partial charge on any atom is 0.192 e. The quantitative estimate of drug-likeness (QED) is 0.787. The molecule has 0 radical (unpaired) electrons. The summed E-state index contributed by atoms with van der Waals surface area (Å²) >= 11 is 0. The summed E-state index contributed by atoms with van der Waals surface area (Å²) in [4.78, 5) is 26.9. The van der Waals surface area contributed by atoms with Gasteiger partial charge in [-0.3, -0.25) is 9.59 Å². The van der Waals surface area contributed by atoms with Gasteiger partial charge in [-0.25, -0.2) is 0 Å². The number of hydrogen-bond donors (Lipinski definition) is 1. The maximum atomic E-state index is 13.5. The highest BCUT2D eigenvalue weighted by Gasteiger charge is 2.47. The molecule has 3 aliphatic rings. The average molecular weight is 399 g/mol. The molecule has 0 aromatic heterocycles. The molecule has 1 N–H and O–H groups in total. The van der Waals surface area contributed by atoms with Gasteiger partial charge in [0.15, 0.2) is 11.6 Å². The van der Waals surface area contributed by atoms with Gasteiger partial charge >= 0.3 is 0 Å². The van der Waals surface area contributed by atoms with E-state index in [9.17, 15) is 9.59 Å². The smallest absolute Gasteiger partial charge is 0.192 e. The number of ether oxygens (including phenoxy) is 1. The van der Waals surface area contributed by atoms with Crippen LogP contribution in [0.15, 0.2) is 65.4 Å². The number of carbonyl (C=O) groups is 2. The number of nitrogens with one attached hydrogen (secondary N) is 1. The first-order chi connectivity index (χ1) is 14.4. The van der Waals surface area contributed by atoms with Crippen molar-refractivity contribution in [2.75, 3.05) is 6.61 Å². The Morgan fingerprint density at radius 3 is 2.43 bits per heavy atom. The minimum Gasteiger partial charge on any atom is -0.494 e. The highest BCUT2D eigenvalue weighted by atomic mass is 16.5. The summed E-state index contributed by atoms with van der Waals surface area (Å²) in [6.45, 7) is 6.71. The molecule has 4 nitrogen and oxygen atoms in total. The molecule has 5 rings (SSSR count). The van der Waals surface area contributed by atoms with Crippen molar-refractivity contribution in [3.8, 4) is 5.75 Å². The molecule has 152 valence electrons. The van der Waals surface area contributed by atoms with Gasteiger partial charge in [0.2, 0.25) is 0 Å². The predicted octanol–water partition coefficient (Wildman–Crippen LogP) is 5.02. The second kappa shape index (κ2) is 6.69. The van der Waals surface area contributed by atoms with Crippen molar-refractivity contribution in [1.29, 1.82) is 0 Å². The summed E-state index contributed by atoms with van der Waals surface area (Å²) in [6, 6.07) is 15.5. The van der Waals surface area contributed by atoms with Gasteiger partial charge < -0.3 is 10.1 Å². The third-order valence-electron chi connectivity index (χ3n) is 6.26. The standard InChI is InChI=1S/C26H25NO3/c1-4-30-20-12-8-7-11-17(20)21-22-18(13-26(2,3)14-19(22)28)27-24-15-9-5-6-10-16(15)25(29)23(21)24/h5-12,21,27H,4,13-14H2,1-3H3. The van der Waals surface area contributed by atoms with Gasteiger partial charge in [-0.15, -0.1) is 0 Å². The molecule has 2 aromatic carbocycles. The molecule has 1 atom stereocenters. The van der Waals surface area contributed by atoms with Crippen molar-refractivity contribution >= 4 is 17.3 Å². The summed E-state index contributed by atoms with van der Waals surface area (Å²) in [7, 11) is 0. The SMILES string of the molecule is CCOc1ccccc1C1C2=C(CC(C)(C)CC2=O)NC2=C1C(=O)c1ccccc12. The molecule has 0 bridgehead atoms. The van der Waals surface area contributed by atoms with Crippen LogP contribution in [0.25, 0.3) is 5.70 Å². The van der Waals surface area contributed by atoms with E-state index in [4.69, 9.17) is 4.74 Å². The number of Topliss-reactive ketones (excluding diaryl/α,β-unsaturated/α-hetero) is 2. The van der Waals surface area contributed by atoms with E-state index >= 15 is 0 Å². The molecule has 0 amide bonds. The number of benzene rings is 2. The lowest BCUT2D eigenvalue weighted by molar-refractivity contribution is -0.118. The highest BCUT2D eigenvalue weighted by Crippen LogP contribution is 2.52. The normalized spacial score (nSPS) is 21.8. The van der Waals surface area contributed by atoms with Gasteiger partial charge in [-0.2, -0.15) is 0 Å². The zero-order chi connectivity index (χ0) is 21.0. The van der Waals surface area contributed by atoms with Crippen molar-refractivity contribution in [3.63, 3.8) is 0 Å². The number of ketones is 2. The monoisotopic (exact) mass is 399 g/mol. The lowest BCUT2D eigenvalue weighted by Crippen LogP contribution is -2.37. The number of rotatable bonds is 3. The zero-order valence-electron chi connectivity index (χ0n) is 17.5. The fraction of sp³-hybridized carbons (Fsp3) is 0.308. The van der Waals surface area contributed by atoms with Crippen LogP contribution in [0.3, 0.4) is 0 Å². The van der Waals surface area contributed by atoms with E-state index in [1.165, 1.54) is 0 Å². The van der Waals surface area contributed by atoms with Crippen LogP contribution in [-0.2, 0) is 4.79 Å². The van der Waals surface area contributed by atoms with Crippen molar-refractivity contribution in [1.82, 2.24) is 5.32 Å². The van der Waals surface area contributed by atoms with Crippen LogP contribution in [-0.4, -0.2) is 18.2 Å². The van der Waals surface area contributed by atoms with E-state index in [-0.39, 0.29) is 17.0 Å². The third kappa shape index (κ3) is 2.74. The Labute approximate surface area is 176 Å². The lowest BCUT2D eigenvalue weighted by atomic mass is 9.68. The summed E-state index contributed by atoms with van der Waals surface area (Å²) in [5.74, 6) is 0.420. The largest absolute Gasteiger partial charge is 0.494 e. The molecule has 0 fully saturated rings. The fourth-order valence-electron chi connectivity index (χ4n) is 5.11. The Morgan fingerprint density at radius 1 is 0.967 bits per heavy atom. The zero-order valence-corrected chi connectivity index (χ0v) is 17.5. The molecule has 2 aliphatic carbocycles. The Balaban J connectivity index is 1.76. The van der Waals surface area contributed by atoms with Gasteiger partial charge in [0.25, 0.3) is 0 Å². The maximum absolute atomic E-state index is 13.5. The summed E-state index contributed by atoms with van der Waals surface area (Å²) in [5.41, 5.74) is 5.55. The Morgan fingerprint density at radius 2 is 1.67 bits per heavy atom. The lowest BCUT2D eigenvalue weighted by Gasteiger charge is -2.39. The van der Waals surface area contributed by atoms with Crippen LogP contribution in [0.2, 0.25) is 0 Å². The van der Waals surface area contributed by atoms with E-state index < -0.39 is 5.92 Å². The highest BCUT2D eigenvalue weighted by molar-refractivity contribution is 6.23. The molecule has 1 unspecified atom stereocenters. The molecule has 0 spiro atoms. The van der Waals surface area contributed by atoms with E-state index in [1.807, 2.05) is 55.5 Å². The van der Waals surface area contributed by atoms with Crippen LogP contribution >= 0.6 is 0 Å². The van der Waals surface area contributed by atoms with Gasteiger partial charge in [0, 0.05) is 45.9 Å². The molecular weight excluding hydrogens is 374 g/mol. The Kier molecular flexibility index (Phi) is 4.21. The Hall–Kier alpha value is -3.14. The topological polar surface area (TPSA) is 55.4 Å². The fourth-order valence-corrected chi connectivity index (χ4v) is 5.11. The summed E-state index contributed by atoms with van der Waals surface area (Å²) in [5, 5.41) is 3.52. The number of allylic oxidation sites excluding steroid dienone is 3. The van der Waals surface area contributed by atoms with Crippen LogP contribution in [0.4, 0.5) is 0 Å². The molecule has 1 aliphatic heterocycles. The van der Waals surface area contributed by atoms with Crippen LogP contribution < -0.4 is 10.1 Å². The van der Waals surface area contributed by atoms with Crippen molar-refractivity contribution in [2.45, 2.75) is 39.5 Å². The number of para-hydroxylation sites is 1. The van der Waals surface area contributed by atoms with Crippen LogP contribution in [0.1, 0.15) is 61.0 Å². The second-order valence-corrected chi connectivity index (χ2v) is 9.03. The average Bonchev–Trinajstić information content (AvgIpc) is 2.99. The summed E-state index contributed by atoms with van der Waals surface area (Å²) < 4.78 is 5.92. The second-order valence-electron chi connectivity index (χ2n) is 9.03. The predicted molar refractivity (Wildman–Crippen MR) is 116 cm³/mol. The number of carbonyl (C=O) groups excluding carboxylic acids is 2. The van der Waals surface area contributed by atoms with Gasteiger partial charge in [0.1, 0.15) is 5.75 Å². The van der Waals surface area contributed by atoms with E-state index in [2.05, 4.69) is 19.2 Å². The van der Waals surface area contributed by atoms with Crippen molar-refractivity contribution in [3.05, 3.63) is 82.1 Å².